The molecular weight excluding hydrogens is 261 g/mol. The minimum Gasteiger partial charge on any atom is -0.436 e. The highest BCUT2D eigenvalue weighted by atomic mass is 19.1. The van der Waals surface area contributed by atoms with Gasteiger partial charge in [-0.1, -0.05) is 0 Å². The zero-order chi connectivity index (χ0) is 14.1. The normalized spacial score (nSPS) is 10.9. The Hall–Kier alpha value is -2.47. The van der Waals surface area contributed by atoms with Gasteiger partial charge in [0, 0.05) is 22.7 Å². The van der Waals surface area contributed by atoms with Crippen molar-refractivity contribution in [2.45, 2.75) is 13.5 Å². The van der Waals surface area contributed by atoms with Gasteiger partial charge in [0.1, 0.15) is 6.33 Å². The van der Waals surface area contributed by atoms with Crippen LogP contribution in [0.25, 0.3) is 10.9 Å². The Balaban J connectivity index is 1.99. The molecule has 0 bridgehead atoms. The van der Waals surface area contributed by atoms with Crippen LogP contribution < -0.4 is 4.74 Å². The third-order valence-corrected chi connectivity index (χ3v) is 2.91. The third kappa shape index (κ3) is 2.21. The quantitative estimate of drug-likeness (QED) is 0.769. The standard InChI is InChI=1S/C14H12FN3O2/c1-8-4-10-11(18-8)2-3-12(14(10)15)20-13-5-9(6-19)16-7-17-13/h2-5,7,18-19H,6H2,1H3. The number of benzene rings is 1. The first-order chi connectivity index (χ1) is 9.67. The van der Waals surface area contributed by atoms with Crippen molar-refractivity contribution in [1.29, 1.82) is 0 Å². The lowest BCUT2D eigenvalue weighted by atomic mass is 10.2. The summed E-state index contributed by atoms with van der Waals surface area (Å²) in [6.07, 6.45) is 1.26. The Kier molecular flexibility index (Phi) is 3.08. The maximum atomic E-state index is 14.3. The van der Waals surface area contributed by atoms with E-state index in [1.165, 1.54) is 18.5 Å². The van der Waals surface area contributed by atoms with Crippen LogP contribution in [0, 0.1) is 12.7 Å². The van der Waals surface area contributed by atoms with E-state index < -0.39 is 5.82 Å². The number of aromatic amines is 1. The van der Waals surface area contributed by atoms with Crippen molar-refractivity contribution in [1.82, 2.24) is 15.0 Å². The predicted octanol–water partition coefficient (Wildman–Crippen LogP) is 2.69. The summed E-state index contributed by atoms with van der Waals surface area (Å²) in [7, 11) is 0. The van der Waals surface area contributed by atoms with Crippen molar-refractivity contribution in [3.63, 3.8) is 0 Å². The summed E-state index contributed by atoms with van der Waals surface area (Å²) in [6, 6.07) is 6.46. The number of H-pyrrole nitrogens is 1. The van der Waals surface area contributed by atoms with Gasteiger partial charge in [-0.15, -0.1) is 0 Å². The number of hydrogen-bond donors (Lipinski definition) is 2. The van der Waals surface area contributed by atoms with Crippen molar-refractivity contribution in [2.24, 2.45) is 0 Å². The molecule has 0 amide bonds. The molecule has 2 N–H and O–H groups in total. The fraction of sp³-hybridized carbons (Fsp3) is 0.143. The molecule has 0 fully saturated rings. The highest BCUT2D eigenvalue weighted by Crippen LogP contribution is 2.29. The number of fused-ring (bicyclic) bond motifs is 1. The number of nitrogens with one attached hydrogen (secondary N) is 1. The van der Waals surface area contributed by atoms with E-state index in [0.717, 1.165) is 5.69 Å². The van der Waals surface area contributed by atoms with E-state index >= 15 is 0 Å². The number of nitrogens with zero attached hydrogens (tertiary/aromatic N) is 2. The zero-order valence-electron chi connectivity index (χ0n) is 10.7. The summed E-state index contributed by atoms with van der Waals surface area (Å²) in [5, 5.41) is 9.47. The average Bonchev–Trinajstić information content (AvgIpc) is 2.84. The van der Waals surface area contributed by atoms with E-state index in [2.05, 4.69) is 15.0 Å². The largest absolute Gasteiger partial charge is 0.436 e. The van der Waals surface area contributed by atoms with Crippen molar-refractivity contribution >= 4 is 10.9 Å². The third-order valence-electron chi connectivity index (χ3n) is 2.91. The molecule has 0 aliphatic carbocycles. The van der Waals surface area contributed by atoms with E-state index in [1.807, 2.05) is 6.92 Å². The maximum absolute atomic E-state index is 14.3. The van der Waals surface area contributed by atoms with E-state index in [1.54, 1.807) is 12.1 Å². The van der Waals surface area contributed by atoms with Gasteiger partial charge in [-0.3, -0.25) is 0 Å². The van der Waals surface area contributed by atoms with Crippen LogP contribution in [0.4, 0.5) is 4.39 Å². The van der Waals surface area contributed by atoms with Gasteiger partial charge in [0.15, 0.2) is 11.6 Å². The van der Waals surface area contributed by atoms with Gasteiger partial charge in [0.2, 0.25) is 5.88 Å². The monoisotopic (exact) mass is 273 g/mol. The van der Waals surface area contributed by atoms with Gasteiger partial charge in [-0.2, -0.15) is 0 Å². The Bertz CT molecular complexity index is 770. The van der Waals surface area contributed by atoms with Crippen molar-refractivity contribution in [3.05, 3.63) is 47.8 Å². The molecule has 1 aromatic carbocycles. The number of aliphatic hydroxyl groups excluding tert-OH is 1. The van der Waals surface area contributed by atoms with E-state index in [0.29, 0.717) is 16.6 Å². The van der Waals surface area contributed by atoms with Gasteiger partial charge in [0.25, 0.3) is 0 Å². The SMILES string of the molecule is Cc1cc2c(F)c(Oc3cc(CO)ncn3)ccc2[nH]1. The molecule has 102 valence electrons. The summed E-state index contributed by atoms with van der Waals surface area (Å²) in [4.78, 5) is 10.8. The molecule has 2 heterocycles. The van der Waals surface area contributed by atoms with Crippen LogP contribution >= 0.6 is 0 Å². The molecule has 0 radical (unpaired) electrons. The molecule has 3 aromatic rings. The number of aliphatic hydroxyl groups is 1. The highest BCUT2D eigenvalue weighted by Gasteiger charge is 2.12. The number of aryl methyl sites for hydroxylation is 1. The molecule has 5 nitrogen and oxygen atoms in total. The maximum Gasteiger partial charge on any atom is 0.222 e. The second kappa shape index (κ2) is 4.90. The Labute approximate surface area is 114 Å². The Morgan fingerprint density at radius 2 is 2.15 bits per heavy atom. The molecule has 20 heavy (non-hydrogen) atoms. The molecule has 0 atom stereocenters. The summed E-state index contributed by atoms with van der Waals surface area (Å²) in [6.45, 7) is 1.63. The number of aromatic nitrogens is 3. The van der Waals surface area contributed by atoms with E-state index in [4.69, 9.17) is 9.84 Å². The minimum atomic E-state index is -0.448. The van der Waals surface area contributed by atoms with Crippen molar-refractivity contribution in [2.75, 3.05) is 0 Å². The fourth-order valence-corrected chi connectivity index (χ4v) is 2.00. The van der Waals surface area contributed by atoms with Crippen LogP contribution in [0.15, 0.2) is 30.6 Å². The molecular formula is C14H12FN3O2. The molecule has 6 heteroatoms. The lowest BCUT2D eigenvalue weighted by Crippen LogP contribution is -1.95. The first-order valence-electron chi connectivity index (χ1n) is 6.05. The molecule has 0 saturated heterocycles. The molecule has 0 aliphatic rings. The van der Waals surface area contributed by atoms with Crippen molar-refractivity contribution < 1.29 is 14.2 Å². The zero-order valence-corrected chi connectivity index (χ0v) is 10.7. The number of ether oxygens (including phenoxy) is 1. The smallest absolute Gasteiger partial charge is 0.222 e. The molecule has 0 aliphatic heterocycles. The van der Waals surface area contributed by atoms with E-state index in [-0.39, 0.29) is 18.2 Å². The van der Waals surface area contributed by atoms with Gasteiger partial charge >= 0.3 is 0 Å². The predicted molar refractivity (Wildman–Crippen MR) is 71.0 cm³/mol. The summed E-state index contributed by atoms with van der Waals surface area (Å²) in [5.74, 6) is -0.176. The second-order valence-electron chi connectivity index (χ2n) is 4.40. The summed E-state index contributed by atoms with van der Waals surface area (Å²) < 4.78 is 19.7. The fourth-order valence-electron chi connectivity index (χ4n) is 2.00. The topological polar surface area (TPSA) is 71.0 Å². The van der Waals surface area contributed by atoms with Crippen LogP contribution in [0.5, 0.6) is 11.6 Å². The molecule has 0 saturated carbocycles. The van der Waals surface area contributed by atoms with Gasteiger partial charge in [-0.05, 0) is 25.1 Å². The summed E-state index contributed by atoms with van der Waals surface area (Å²) in [5.41, 5.74) is 2.00. The Morgan fingerprint density at radius 1 is 1.30 bits per heavy atom. The van der Waals surface area contributed by atoms with Crippen LogP contribution in [0.3, 0.4) is 0 Å². The second-order valence-corrected chi connectivity index (χ2v) is 4.40. The van der Waals surface area contributed by atoms with Crippen LogP contribution in [0.1, 0.15) is 11.4 Å². The first kappa shape index (κ1) is 12.6. The van der Waals surface area contributed by atoms with Gasteiger partial charge in [-0.25, -0.2) is 14.4 Å². The van der Waals surface area contributed by atoms with Crippen LogP contribution in [-0.4, -0.2) is 20.1 Å². The molecule has 3 rings (SSSR count). The molecule has 0 spiro atoms. The highest BCUT2D eigenvalue weighted by molar-refractivity contribution is 5.82. The van der Waals surface area contributed by atoms with Gasteiger partial charge in [0.05, 0.1) is 12.3 Å². The number of hydrogen-bond acceptors (Lipinski definition) is 4. The van der Waals surface area contributed by atoms with E-state index in [9.17, 15) is 4.39 Å². The van der Waals surface area contributed by atoms with Crippen LogP contribution in [-0.2, 0) is 6.61 Å². The van der Waals surface area contributed by atoms with Crippen LogP contribution in [0.2, 0.25) is 0 Å². The number of rotatable bonds is 3. The summed E-state index contributed by atoms with van der Waals surface area (Å²) >= 11 is 0. The van der Waals surface area contributed by atoms with Crippen molar-refractivity contribution in [3.8, 4) is 11.6 Å². The Morgan fingerprint density at radius 3 is 2.95 bits per heavy atom. The number of halogens is 1. The van der Waals surface area contributed by atoms with Gasteiger partial charge < -0.3 is 14.8 Å². The lowest BCUT2D eigenvalue weighted by Gasteiger charge is -2.06. The first-order valence-corrected chi connectivity index (χ1v) is 6.05. The average molecular weight is 273 g/mol. The molecule has 0 unspecified atom stereocenters. The lowest BCUT2D eigenvalue weighted by molar-refractivity contribution is 0.275. The molecule has 2 aromatic heterocycles. The minimum absolute atomic E-state index is 0.0825.